The number of carbonyl (C=O) groups excluding carboxylic acids is 1. The van der Waals surface area contributed by atoms with E-state index >= 15 is 0 Å². The van der Waals surface area contributed by atoms with Gasteiger partial charge in [0.2, 0.25) is 0 Å². The average molecular weight is 564 g/mol. The fourth-order valence-corrected chi connectivity index (χ4v) is 10.5. The molecule has 1 aliphatic carbocycles. The van der Waals surface area contributed by atoms with E-state index in [2.05, 4.69) is 79.6 Å². The quantitative estimate of drug-likeness (QED) is 0.214. The maximum atomic E-state index is 13.0. The molecule has 210 valence electrons. The van der Waals surface area contributed by atoms with E-state index in [0.717, 1.165) is 11.8 Å². The Morgan fingerprint density at radius 1 is 0.927 bits per heavy atom. The van der Waals surface area contributed by atoms with E-state index in [1.807, 2.05) is 54.6 Å². The molecule has 0 saturated heterocycles. The van der Waals surface area contributed by atoms with Gasteiger partial charge in [0, 0.05) is 25.3 Å². The molecule has 1 aromatic heterocycles. The molecule has 1 N–H and O–H groups in total. The van der Waals surface area contributed by atoms with Crippen molar-refractivity contribution in [2.24, 2.45) is 5.92 Å². The van der Waals surface area contributed by atoms with Crippen LogP contribution in [0.3, 0.4) is 0 Å². The highest BCUT2D eigenvalue weighted by Gasteiger charge is 2.50. The lowest BCUT2D eigenvalue weighted by atomic mass is 10.0. The van der Waals surface area contributed by atoms with Gasteiger partial charge < -0.3 is 9.74 Å². The summed E-state index contributed by atoms with van der Waals surface area (Å²) < 4.78 is 8.73. The molecule has 0 unspecified atom stereocenters. The van der Waals surface area contributed by atoms with Gasteiger partial charge in [-0.2, -0.15) is 4.98 Å². The van der Waals surface area contributed by atoms with E-state index in [9.17, 15) is 9.59 Å². The smallest absolute Gasteiger partial charge is 0.350 e. The summed E-state index contributed by atoms with van der Waals surface area (Å²) in [6, 6.07) is 32.5. The molecule has 0 bridgehead atoms. The van der Waals surface area contributed by atoms with Crippen molar-refractivity contribution in [3.05, 3.63) is 131 Å². The summed E-state index contributed by atoms with van der Waals surface area (Å²) in [6.45, 7) is 7.70. The molecule has 3 aromatic carbocycles. The van der Waals surface area contributed by atoms with Crippen LogP contribution in [0.1, 0.15) is 38.8 Å². The van der Waals surface area contributed by atoms with E-state index in [-0.39, 0.29) is 22.7 Å². The number of carbonyl (C=O) groups is 1. The standard InChI is InChI=1S/C34H37N3O3Si/c1-34(2,3)41(30-15-9-5-10-16-30,31-17-11-6-12-18-31)40-25-28-22-29(21-27(28)24-38)37-20-19-32(36-33(37)39)35-23-26-13-7-4-8-14-26/h4-21,24,28-29H,22-23,25H2,1-3H3,(H,35,36,39)/t28-,29+/m1/s1. The number of nitrogens with zero attached hydrogens (tertiary/aromatic N) is 2. The number of aromatic nitrogens is 2. The molecular weight excluding hydrogens is 526 g/mol. The molecule has 1 aliphatic rings. The van der Waals surface area contributed by atoms with Crippen molar-refractivity contribution in [3.8, 4) is 0 Å². The molecule has 2 atom stereocenters. The van der Waals surface area contributed by atoms with Crippen molar-refractivity contribution in [1.82, 2.24) is 9.55 Å². The Morgan fingerprint density at radius 3 is 2.05 bits per heavy atom. The summed E-state index contributed by atoms with van der Waals surface area (Å²) in [5, 5.41) is 5.45. The van der Waals surface area contributed by atoms with Gasteiger partial charge in [-0.05, 0) is 39.0 Å². The Hall–Kier alpha value is -4.07. The molecule has 0 aliphatic heterocycles. The molecule has 41 heavy (non-hydrogen) atoms. The number of nitrogens with one attached hydrogen (secondary N) is 1. The molecule has 4 aromatic rings. The van der Waals surface area contributed by atoms with Crippen molar-refractivity contribution >= 4 is 30.8 Å². The third-order valence-electron chi connectivity index (χ3n) is 7.94. The minimum absolute atomic E-state index is 0.123. The summed E-state index contributed by atoms with van der Waals surface area (Å²) >= 11 is 0. The van der Waals surface area contributed by atoms with E-state index in [0.29, 0.717) is 31.0 Å². The van der Waals surface area contributed by atoms with Crippen LogP contribution < -0.4 is 21.4 Å². The van der Waals surface area contributed by atoms with Gasteiger partial charge in [0.15, 0.2) is 0 Å². The van der Waals surface area contributed by atoms with Gasteiger partial charge >= 0.3 is 5.69 Å². The summed E-state index contributed by atoms with van der Waals surface area (Å²) in [7, 11) is -2.75. The minimum Gasteiger partial charge on any atom is -0.407 e. The minimum atomic E-state index is -2.75. The van der Waals surface area contributed by atoms with Gasteiger partial charge in [0.1, 0.15) is 12.1 Å². The lowest BCUT2D eigenvalue weighted by Crippen LogP contribution is -2.66. The number of hydrogen-bond donors (Lipinski definition) is 1. The first-order chi connectivity index (χ1) is 19.8. The number of anilines is 1. The second-order valence-electron chi connectivity index (χ2n) is 11.6. The highest BCUT2D eigenvalue weighted by molar-refractivity contribution is 6.99. The van der Waals surface area contributed by atoms with Gasteiger partial charge in [-0.3, -0.25) is 9.36 Å². The number of allylic oxidation sites excluding steroid dienone is 1. The average Bonchev–Trinajstić information content (AvgIpc) is 3.40. The zero-order chi connectivity index (χ0) is 28.9. The lowest BCUT2D eigenvalue weighted by Gasteiger charge is -2.43. The Morgan fingerprint density at radius 2 is 1.51 bits per heavy atom. The van der Waals surface area contributed by atoms with Gasteiger partial charge in [0.25, 0.3) is 8.32 Å². The maximum Gasteiger partial charge on any atom is 0.350 e. The van der Waals surface area contributed by atoms with Gasteiger partial charge in [0.05, 0.1) is 6.04 Å². The third-order valence-corrected chi connectivity index (χ3v) is 12.9. The van der Waals surface area contributed by atoms with Crippen LogP contribution in [0, 0.1) is 5.92 Å². The lowest BCUT2D eigenvalue weighted by molar-refractivity contribution is -0.105. The fourth-order valence-electron chi connectivity index (χ4n) is 5.89. The molecule has 5 rings (SSSR count). The highest BCUT2D eigenvalue weighted by Crippen LogP contribution is 2.39. The molecule has 7 heteroatoms. The molecule has 1 heterocycles. The van der Waals surface area contributed by atoms with Crippen molar-refractivity contribution in [2.75, 3.05) is 11.9 Å². The Kier molecular flexibility index (Phi) is 8.47. The predicted molar refractivity (Wildman–Crippen MR) is 167 cm³/mol. The summed E-state index contributed by atoms with van der Waals surface area (Å²) in [4.78, 5) is 29.5. The van der Waals surface area contributed by atoms with E-state index in [1.165, 1.54) is 10.4 Å². The van der Waals surface area contributed by atoms with E-state index in [4.69, 9.17) is 4.43 Å². The van der Waals surface area contributed by atoms with Crippen LogP contribution in [0.4, 0.5) is 5.82 Å². The number of rotatable bonds is 10. The second kappa shape index (κ2) is 12.2. The van der Waals surface area contributed by atoms with Crippen molar-refractivity contribution in [2.45, 2.75) is 44.8 Å². The summed E-state index contributed by atoms with van der Waals surface area (Å²) in [5.74, 6) is 0.404. The molecule has 6 nitrogen and oxygen atoms in total. The second-order valence-corrected chi connectivity index (χ2v) is 15.9. The predicted octanol–water partition coefficient (Wildman–Crippen LogP) is 5.12. The Bertz CT molecular complexity index is 1510. The van der Waals surface area contributed by atoms with E-state index < -0.39 is 8.32 Å². The van der Waals surface area contributed by atoms with Gasteiger partial charge in [-0.25, -0.2) is 4.79 Å². The first kappa shape index (κ1) is 28.5. The van der Waals surface area contributed by atoms with Crippen LogP contribution >= 0.6 is 0 Å². The SMILES string of the molecule is CC(C)(C)[Si](OC[C@H]1C[C@@H](n2ccc(NCc3ccccc3)nc2=O)C=C1C=O)(c1ccccc1)c1ccccc1. The first-order valence-corrected chi connectivity index (χ1v) is 16.0. The zero-order valence-corrected chi connectivity index (χ0v) is 24.9. The molecule has 0 amide bonds. The normalized spacial score (nSPS) is 17.2. The summed E-state index contributed by atoms with van der Waals surface area (Å²) in [5.41, 5.74) is 1.44. The molecule has 0 radical (unpaired) electrons. The van der Waals surface area contributed by atoms with Crippen LogP contribution in [-0.4, -0.2) is 30.8 Å². The number of aldehydes is 1. The van der Waals surface area contributed by atoms with Crippen molar-refractivity contribution in [3.63, 3.8) is 0 Å². The van der Waals surface area contributed by atoms with Crippen LogP contribution in [0.5, 0.6) is 0 Å². The fraction of sp³-hybridized carbons (Fsp3) is 0.265. The number of benzene rings is 3. The van der Waals surface area contributed by atoms with Crippen LogP contribution in [0.25, 0.3) is 0 Å². The van der Waals surface area contributed by atoms with Crippen molar-refractivity contribution in [1.29, 1.82) is 0 Å². The van der Waals surface area contributed by atoms with Crippen molar-refractivity contribution < 1.29 is 9.22 Å². The largest absolute Gasteiger partial charge is 0.407 e. The first-order valence-electron chi connectivity index (χ1n) is 14.1. The third kappa shape index (κ3) is 6.01. The number of hydrogen-bond acceptors (Lipinski definition) is 5. The van der Waals surface area contributed by atoms with E-state index in [1.54, 1.807) is 10.8 Å². The zero-order valence-electron chi connectivity index (χ0n) is 23.9. The summed E-state index contributed by atoms with van der Waals surface area (Å²) in [6.07, 6.45) is 5.17. The van der Waals surface area contributed by atoms with Gasteiger partial charge in [-0.1, -0.05) is 118 Å². The van der Waals surface area contributed by atoms with Crippen LogP contribution in [-0.2, 0) is 15.8 Å². The molecule has 0 fully saturated rings. The maximum absolute atomic E-state index is 13.0. The van der Waals surface area contributed by atoms with Crippen LogP contribution in [0.2, 0.25) is 5.04 Å². The topological polar surface area (TPSA) is 73.2 Å². The monoisotopic (exact) mass is 563 g/mol. The van der Waals surface area contributed by atoms with Gasteiger partial charge in [-0.15, -0.1) is 0 Å². The Labute approximate surface area is 242 Å². The highest BCUT2D eigenvalue weighted by atomic mass is 28.4. The molecule has 0 spiro atoms. The van der Waals surface area contributed by atoms with Crippen LogP contribution in [0.15, 0.2) is 120 Å². The molecule has 0 saturated carbocycles. The molecular formula is C34H37N3O3Si. The Balaban J connectivity index is 1.37.